The standard InChI is InChI=1S/C14H14BrFN2O2/c1-18(8-11-5-6-12(15)20-11)13(14(17)19)9-3-2-4-10(16)7-9/h2-7,13H,8H2,1H3,(H2,17,19). The van der Waals surface area contributed by atoms with Crippen molar-refractivity contribution in [2.75, 3.05) is 7.05 Å². The highest BCUT2D eigenvalue weighted by Crippen LogP contribution is 2.23. The molecule has 20 heavy (non-hydrogen) atoms. The SMILES string of the molecule is CN(Cc1ccc(Br)o1)C(C(N)=O)c1cccc(F)c1. The van der Waals surface area contributed by atoms with E-state index >= 15 is 0 Å². The Hall–Kier alpha value is -1.66. The van der Waals surface area contributed by atoms with Crippen molar-refractivity contribution in [1.29, 1.82) is 0 Å². The number of amides is 1. The van der Waals surface area contributed by atoms with Gasteiger partial charge in [0.05, 0.1) is 6.54 Å². The molecule has 0 saturated heterocycles. The van der Waals surface area contributed by atoms with Gasteiger partial charge in [-0.15, -0.1) is 0 Å². The molecule has 106 valence electrons. The Balaban J connectivity index is 2.22. The number of nitrogens with two attached hydrogens (primary N) is 1. The first-order valence-corrected chi connectivity index (χ1v) is 6.76. The molecule has 1 unspecified atom stereocenters. The molecular weight excluding hydrogens is 327 g/mol. The minimum atomic E-state index is -0.713. The normalized spacial score (nSPS) is 12.6. The summed E-state index contributed by atoms with van der Waals surface area (Å²) in [4.78, 5) is 13.4. The van der Waals surface area contributed by atoms with Gasteiger partial charge in [0, 0.05) is 0 Å². The van der Waals surface area contributed by atoms with E-state index in [2.05, 4.69) is 15.9 Å². The molecule has 6 heteroatoms. The summed E-state index contributed by atoms with van der Waals surface area (Å²) >= 11 is 3.22. The summed E-state index contributed by atoms with van der Waals surface area (Å²) < 4.78 is 19.3. The molecule has 0 aliphatic heterocycles. The van der Waals surface area contributed by atoms with E-state index in [1.54, 1.807) is 36.2 Å². The molecule has 2 N–H and O–H groups in total. The van der Waals surface area contributed by atoms with E-state index in [0.717, 1.165) is 0 Å². The van der Waals surface area contributed by atoms with Crippen molar-refractivity contribution in [2.24, 2.45) is 5.73 Å². The number of halogens is 2. The third-order valence-electron chi connectivity index (χ3n) is 2.91. The van der Waals surface area contributed by atoms with Gasteiger partial charge < -0.3 is 10.2 Å². The zero-order chi connectivity index (χ0) is 14.7. The van der Waals surface area contributed by atoms with Crippen LogP contribution in [0.25, 0.3) is 0 Å². The van der Waals surface area contributed by atoms with E-state index in [1.807, 2.05) is 0 Å². The van der Waals surface area contributed by atoms with E-state index in [-0.39, 0.29) is 0 Å². The second kappa shape index (κ2) is 6.19. The largest absolute Gasteiger partial charge is 0.453 e. The molecule has 1 heterocycles. The number of carbonyl (C=O) groups excluding carboxylic acids is 1. The molecule has 0 spiro atoms. The summed E-state index contributed by atoms with van der Waals surface area (Å²) in [5, 5.41) is 0. The molecule has 0 saturated carbocycles. The minimum Gasteiger partial charge on any atom is -0.453 e. The van der Waals surface area contributed by atoms with Gasteiger partial charge in [0.2, 0.25) is 5.91 Å². The fraction of sp³-hybridized carbons (Fsp3) is 0.214. The highest BCUT2D eigenvalue weighted by Gasteiger charge is 2.24. The van der Waals surface area contributed by atoms with Crippen molar-refractivity contribution in [3.05, 3.63) is 58.2 Å². The second-order valence-corrected chi connectivity index (χ2v) is 5.26. The lowest BCUT2D eigenvalue weighted by Crippen LogP contribution is -2.34. The summed E-state index contributed by atoms with van der Waals surface area (Å²) in [7, 11) is 1.73. The molecule has 0 aliphatic rings. The summed E-state index contributed by atoms with van der Waals surface area (Å²) in [5.41, 5.74) is 5.95. The molecule has 1 aromatic carbocycles. The van der Waals surface area contributed by atoms with Crippen LogP contribution in [-0.2, 0) is 11.3 Å². The average molecular weight is 341 g/mol. The van der Waals surface area contributed by atoms with Gasteiger partial charge >= 0.3 is 0 Å². The number of carbonyl (C=O) groups is 1. The van der Waals surface area contributed by atoms with Gasteiger partial charge in [-0.25, -0.2) is 4.39 Å². The van der Waals surface area contributed by atoms with Crippen LogP contribution in [0.4, 0.5) is 4.39 Å². The van der Waals surface area contributed by atoms with Crippen LogP contribution in [0.5, 0.6) is 0 Å². The number of furan rings is 1. The molecular formula is C14H14BrFN2O2. The lowest BCUT2D eigenvalue weighted by atomic mass is 10.0. The highest BCUT2D eigenvalue weighted by atomic mass is 79.9. The monoisotopic (exact) mass is 340 g/mol. The van der Waals surface area contributed by atoms with E-state index in [1.165, 1.54) is 12.1 Å². The lowest BCUT2D eigenvalue weighted by Gasteiger charge is -2.24. The molecule has 1 atom stereocenters. The Morgan fingerprint density at radius 3 is 2.75 bits per heavy atom. The Morgan fingerprint density at radius 2 is 2.20 bits per heavy atom. The summed E-state index contributed by atoms with van der Waals surface area (Å²) in [6.45, 7) is 0.385. The van der Waals surface area contributed by atoms with Crippen molar-refractivity contribution >= 4 is 21.8 Å². The maximum atomic E-state index is 13.3. The first-order valence-electron chi connectivity index (χ1n) is 5.96. The number of hydrogen-bond donors (Lipinski definition) is 1. The quantitative estimate of drug-likeness (QED) is 0.910. The first kappa shape index (κ1) is 14.7. The molecule has 0 fully saturated rings. The molecule has 4 nitrogen and oxygen atoms in total. The van der Waals surface area contributed by atoms with Crippen LogP contribution < -0.4 is 5.73 Å². The van der Waals surface area contributed by atoms with Gasteiger partial charge in [0.15, 0.2) is 4.67 Å². The van der Waals surface area contributed by atoms with Gasteiger partial charge in [-0.1, -0.05) is 12.1 Å². The number of nitrogens with zero attached hydrogens (tertiary/aromatic N) is 1. The zero-order valence-corrected chi connectivity index (χ0v) is 12.4. The van der Waals surface area contributed by atoms with Gasteiger partial charge in [0.25, 0.3) is 0 Å². The molecule has 0 bridgehead atoms. The van der Waals surface area contributed by atoms with Crippen LogP contribution in [0.1, 0.15) is 17.4 Å². The maximum Gasteiger partial charge on any atom is 0.239 e. The minimum absolute atomic E-state index is 0.385. The number of benzene rings is 1. The number of primary amides is 1. The molecule has 2 rings (SSSR count). The fourth-order valence-electron chi connectivity index (χ4n) is 2.09. The summed E-state index contributed by atoms with van der Waals surface area (Å²) in [6.07, 6.45) is 0. The first-order chi connectivity index (χ1) is 9.47. The van der Waals surface area contributed by atoms with Crippen molar-refractivity contribution in [3.8, 4) is 0 Å². The zero-order valence-electron chi connectivity index (χ0n) is 10.8. The molecule has 1 aromatic heterocycles. The summed E-state index contributed by atoms with van der Waals surface area (Å²) in [6, 6.07) is 8.71. The van der Waals surface area contributed by atoms with Crippen LogP contribution in [-0.4, -0.2) is 17.9 Å². The molecule has 0 radical (unpaired) electrons. The predicted octanol–water partition coefficient (Wildman–Crippen LogP) is 2.84. The van der Waals surface area contributed by atoms with Crippen molar-refractivity contribution in [2.45, 2.75) is 12.6 Å². The third kappa shape index (κ3) is 3.46. The number of likely N-dealkylation sites (N-methyl/N-ethyl adjacent to an activating group) is 1. The Bertz CT molecular complexity index is 615. The number of hydrogen-bond acceptors (Lipinski definition) is 3. The third-order valence-corrected chi connectivity index (χ3v) is 3.33. The molecule has 1 amide bonds. The van der Waals surface area contributed by atoms with E-state index in [4.69, 9.17) is 10.2 Å². The Kier molecular flexibility index (Phi) is 4.57. The van der Waals surface area contributed by atoms with E-state index in [0.29, 0.717) is 22.5 Å². The van der Waals surface area contributed by atoms with Crippen molar-refractivity contribution < 1.29 is 13.6 Å². The molecule has 0 aliphatic carbocycles. The van der Waals surface area contributed by atoms with Crippen LogP contribution in [0, 0.1) is 5.82 Å². The van der Waals surface area contributed by atoms with Crippen LogP contribution >= 0.6 is 15.9 Å². The highest BCUT2D eigenvalue weighted by molar-refractivity contribution is 9.10. The lowest BCUT2D eigenvalue weighted by molar-refractivity contribution is -0.123. The Labute approximate surface area is 124 Å². The van der Waals surface area contributed by atoms with Gasteiger partial charge in [0.1, 0.15) is 17.6 Å². The van der Waals surface area contributed by atoms with Crippen LogP contribution in [0.3, 0.4) is 0 Å². The maximum absolute atomic E-state index is 13.3. The average Bonchev–Trinajstić information content (AvgIpc) is 2.74. The molecule has 2 aromatic rings. The fourth-order valence-corrected chi connectivity index (χ4v) is 2.43. The smallest absolute Gasteiger partial charge is 0.239 e. The summed E-state index contributed by atoms with van der Waals surface area (Å²) in [5.74, 6) is -0.256. The second-order valence-electron chi connectivity index (χ2n) is 4.48. The van der Waals surface area contributed by atoms with E-state index in [9.17, 15) is 9.18 Å². The predicted molar refractivity (Wildman–Crippen MR) is 76.2 cm³/mol. The van der Waals surface area contributed by atoms with Crippen LogP contribution in [0.15, 0.2) is 45.5 Å². The topological polar surface area (TPSA) is 59.5 Å². The van der Waals surface area contributed by atoms with Gasteiger partial charge in [-0.05, 0) is 52.8 Å². The van der Waals surface area contributed by atoms with Crippen LogP contribution in [0.2, 0.25) is 0 Å². The van der Waals surface area contributed by atoms with E-state index < -0.39 is 17.8 Å². The van der Waals surface area contributed by atoms with Gasteiger partial charge in [-0.3, -0.25) is 9.69 Å². The van der Waals surface area contributed by atoms with Crippen molar-refractivity contribution in [1.82, 2.24) is 4.90 Å². The Morgan fingerprint density at radius 1 is 1.45 bits per heavy atom. The number of rotatable bonds is 5. The van der Waals surface area contributed by atoms with Crippen molar-refractivity contribution in [3.63, 3.8) is 0 Å². The van der Waals surface area contributed by atoms with Gasteiger partial charge in [-0.2, -0.15) is 0 Å².